The smallest absolute Gasteiger partial charge is 0.258 e. The number of nitrogens with zero attached hydrogens (tertiary/aromatic N) is 2. The fourth-order valence-electron chi connectivity index (χ4n) is 4.39. The van der Waals surface area contributed by atoms with Gasteiger partial charge in [-0.1, -0.05) is 38.1 Å². The predicted octanol–water partition coefficient (Wildman–Crippen LogP) is 5.33. The molecule has 190 valence electrons. The van der Waals surface area contributed by atoms with Gasteiger partial charge >= 0.3 is 0 Å². The van der Waals surface area contributed by atoms with Crippen molar-refractivity contribution in [3.05, 3.63) is 88.7 Å². The van der Waals surface area contributed by atoms with Crippen LogP contribution in [0.4, 0.5) is 15.8 Å². The highest BCUT2D eigenvalue weighted by Gasteiger charge is 2.30. The van der Waals surface area contributed by atoms with E-state index in [0.29, 0.717) is 37.8 Å². The van der Waals surface area contributed by atoms with Crippen LogP contribution in [0.2, 0.25) is 0 Å². The molecule has 1 amide bonds. The van der Waals surface area contributed by atoms with E-state index in [-0.39, 0.29) is 10.5 Å². The molecule has 36 heavy (non-hydrogen) atoms. The van der Waals surface area contributed by atoms with Crippen LogP contribution >= 0.6 is 0 Å². The second-order valence-corrected chi connectivity index (χ2v) is 11.4. The van der Waals surface area contributed by atoms with Crippen LogP contribution in [-0.4, -0.2) is 44.8 Å². The molecular weight excluding hydrogens is 477 g/mol. The molecular formula is C28H32FN3O3S. The number of nitrogens with one attached hydrogen (secondary N) is 1. The Hall–Kier alpha value is -3.23. The van der Waals surface area contributed by atoms with Gasteiger partial charge in [-0.3, -0.25) is 4.79 Å². The van der Waals surface area contributed by atoms with Crippen molar-refractivity contribution in [1.82, 2.24) is 4.31 Å². The van der Waals surface area contributed by atoms with Gasteiger partial charge in [-0.15, -0.1) is 0 Å². The van der Waals surface area contributed by atoms with E-state index in [0.717, 1.165) is 23.4 Å². The van der Waals surface area contributed by atoms with Crippen molar-refractivity contribution in [1.29, 1.82) is 0 Å². The van der Waals surface area contributed by atoms with Crippen molar-refractivity contribution in [2.45, 2.75) is 38.5 Å². The largest absolute Gasteiger partial charge is 0.369 e. The Balaban J connectivity index is 1.49. The van der Waals surface area contributed by atoms with E-state index in [4.69, 9.17) is 0 Å². The Kier molecular flexibility index (Phi) is 7.47. The molecule has 1 N–H and O–H groups in total. The summed E-state index contributed by atoms with van der Waals surface area (Å²) in [6.45, 7) is 9.96. The molecule has 6 nitrogen and oxygen atoms in total. The third-order valence-corrected chi connectivity index (χ3v) is 8.71. The van der Waals surface area contributed by atoms with Crippen molar-refractivity contribution in [3.8, 4) is 0 Å². The highest BCUT2D eigenvalue weighted by molar-refractivity contribution is 7.89. The van der Waals surface area contributed by atoms with E-state index in [1.165, 1.54) is 21.5 Å². The first-order chi connectivity index (χ1) is 17.1. The molecule has 8 heteroatoms. The molecule has 1 saturated heterocycles. The molecule has 1 heterocycles. The lowest BCUT2D eigenvalue weighted by Gasteiger charge is -2.36. The SMILES string of the molecule is Cc1cccc(N2CCN(S(=O)(=O)c3ccc(F)c(C(=O)Nc4ccc(C(C)C)cc4)c3)CC2)c1C. The molecule has 1 aliphatic rings. The number of amides is 1. The summed E-state index contributed by atoms with van der Waals surface area (Å²) in [5.74, 6) is -1.12. The first-order valence-electron chi connectivity index (χ1n) is 12.1. The summed E-state index contributed by atoms with van der Waals surface area (Å²) in [7, 11) is -3.89. The van der Waals surface area contributed by atoms with Crippen LogP contribution in [-0.2, 0) is 10.0 Å². The minimum absolute atomic E-state index is 0.0932. The van der Waals surface area contributed by atoms with Gasteiger partial charge < -0.3 is 10.2 Å². The van der Waals surface area contributed by atoms with Gasteiger partial charge in [-0.05, 0) is 72.9 Å². The molecule has 0 aliphatic carbocycles. The molecule has 0 aromatic heterocycles. The van der Waals surface area contributed by atoms with E-state index < -0.39 is 21.7 Å². The van der Waals surface area contributed by atoms with Gasteiger partial charge in [-0.25, -0.2) is 12.8 Å². The number of rotatable bonds is 6. The summed E-state index contributed by atoms with van der Waals surface area (Å²) in [5, 5.41) is 2.66. The number of aryl methyl sites for hydroxylation is 1. The van der Waals surface area contributed by atoms with Crippen LogP contribution in [0.25, 0.3) is 0 Å². The maximum absolute atomic E-state index is 14.6. The lowest BCUT2D eigenvalue weighted by atomic mass is 10.0. The Morgan fingerprint density at radius 3 is 2.25 bits per heavy atom. The number of carbonyl (C=O) groups is 1. The molecule has 0 unspecified atom stereocenters. The van der Waals surface area contributed by atoms with Crippen LogP contribution in [0.1, 0.15) is 46.8 Å². The number of piperazine rings is 1. The summed E-state index contributed by atoms with van der Waals surface area (Å²) < 4.78 is 42.7. The van der Waals surface area contributed by atoms with E-state index >= 15 is 0 Å². The van der Waals surface area contributed by atoms with Gasteiger partial charge in [0.15, 0.2) is 0 Å². The number of anilines is 2. The molecule has 1 aliphatic heterocycles. The molecule has 0 bridgehead atoms. The summed E-state index contributed by atoms with van der Waals surface area (Å²) in [4.78, 5) is 14.9. The van der Waals surface area contributed by atoms with Crippen molar-refractivity contribution >= 4 is 27.3 Å². The lowest BCUT2D eigenvalue weighted by Crippen LogP contribution is -2.48. The molecule has 0 atom stereocenters. The maximum atomic E-state index is 14.6. The second kappa shape index (κ2) is 10.4. The number of sulfonamides is 1. The van der Waals surface area contributed by atoms with Crippen LogP contribution < -0.4 is 10.2 Å². The quantitative estimate of drug-likeness (QED) is 0.488. The van der Waals surface area contributed by atoms with E-state index in [1.54, 1.807) is 12.1 Å². The van der Waals surface area contributed by atoms with Crippen molar-refractivity contribution in [3.63, 3.8) is 0 Å². The molecule has 1 fully saturated rings. The van der Waals surface area contributed by atoms with E-state index in [9.17, 15) is 17.6 Å². The average Bonchev–Trinajstić information content (AvgIpc) is 2.86. The average molecular weight is 510 g/mol. The van der Waals surface area contributed by atoms with Crippen molar-refractivity contribution in [2.24, 2.45) is 0 Å². The minimum Gasteiger partial charge on any atom is -0.369 e. The summed E-state index contributed by atoms with van der Waals surface area (Å²) in [6, 6.07) is 16.8. The molecule has 0 saturated carbocycles. The van der Waals surface area contributed by atoms with Crippen LogP contribution in [0.5, 0.6) is 0 Å². The van der Waals surface area contributed by atoms with Gasteiger partial charge in [0.1, 0.15) is 5.82 Å². The second-order valence-electron chi connectivity index (χ2n) is 9.48. The first kappa shape index (κ1) is 25.9. The normalized spacial score (nSPS) is 14.8. The van der Waals surface area contributed by atoms with Gasteiger partial charge in [0.25, 0.3) is 5.91 Å². The topological polar surface area (TPSA) is 69.7 Å². The van der Waals surface area contributed by atoms with Gasteiger partial charge in [-0.2, -0.15) is 4.31 Å². The summed E-state index contributed by atoms with van der Waals surface area (Å²) in [5.41, 5.74) is 4.80. The Labute approximate surface area is 212 Å². The van der Waals surface area contributed by atoms with Gasteiger partial charge in [0.05, 0.1) is 10.5 Å². The van der Waals surface area contributed by atoms with Crippen LogP contribution in [0, 0.1) is 19.7 Å². The molecule has 4 rings (SSSR count). The fraction of sp³-hybridized carbons (Fsp3) is 0.321. The molecule has 0 radical (unpaired) electrons. The van der Waals surface area contributed by atoms with Gasteiger partial charge in [0.2, 0.25) is 10.0 Å². The molecule has 0 spiro atoms. The third-order valence-electron chi connectivity index (χ3n) is 6.81. The van der Waals surface area contributed by atoms with E-state index in [2.05, 4.69) is 44.0 Å². The zero-order valence-corrected chi connectivity index (χ0v) is 21.9. The summed E-state index contributed by atoms with van der Waals surface area (Å²) >= 11 is 0. The van der Waals surface area contributed by atoms with Crippen molar-refractivity contribution in [2.75, 3.05) is 36.4 Å². The molecule has 3 aromatic carbocycles. The minimum atomic E-state index is -3.89. The number of benzene rings is 3. The summed E-state index contributed by atoms with van der Waals surface area (Å²) in [6.07, 6.45) is 0. The Morgan fingerprint density at radius 2 is 1.61 bits per heavy atom. The number of hydrogen-bond acceptors (Lipinski definition) is 4. The van der Waals surface area contributed by atoms with Gasteiger partial charge in [0, 0.05) is 37.6 Å². The van der Waals surface area contributed by atoms with Crippen LogP contribution in [0.15, 0.2) is 65.6 Å². The third kappa shape index (κ3) is 5.29. The Bertz CT molecular complexity index is 1360. The van der Waals surface area contributed by atoms with Crippen LogP contribution in [0.3, 0.4) is 0 Å². The number of carbonyl (C=O) groups excluding carboxylic acids is 1. The predicted molar refractivity (Wildman–Crippen MR) is 142 cm³/mol. The zero-order valence-electron chi connectivity index (χ0n) is 21.1. The van der Waals surface area contributed by atoms with Crippen molar-refractivity contribution < 1.29 is 17.6 Å². The Morgan fingerprint density at radius 1 is 0.944 bits per heavy atom. The first-order valence-corrected chi connectivity index (χ1v) is 13.5. The molecule has 3 aromatic rings. The number of hydrogen-bond donors (Lipinski definition) is 1. The standard InChI is InChI=1S/C28H32FN3O3S/c1-19(2)22-8-10-23(11-9-22)30-28(33)25-18-24(12-13-26(25)29)36(34,35)32-16-14-31(15-17-32)27-7-5-6-20(3)21(27)4/h5-13,18-19H,14-17H2,1-4H3,(H,30,33). The maximum Gasteiger partial charge on any atom is 0.258 e. The number of halogens is 1. The fourth-order valence-corrected chi connectivity index (χ4v) is 5.83. The highest BCUT2D eigenvalue weighted by Crippen LogP contribution is 2.27. The monoisotopic (exact) mass is 509 g/mol. The zero-order chi connectivity index (χ0) is 26.0. The highest BCUT2D eigenvalue weighted by atomic mass is 32.2. The van der Waals surface area contributed by atoms with E-state index in [1.807, 2.05) is 24.3 Å². The lowest BCUT2D eigenvalue weighted by molar-refractivity contribution is 0.102.